The van der Waals surface area contributed by atoms with Crippen LogP contribution >= 0.6 is 0 Å². The summed E-state index contributed by atoms with van der Waals surface area (Å²) >= 11 is 0. The molecule has 0 aliphatic carbocycles. The quantitative estimate of drug-likeness (QED) is 0.526. The highest BCUT2D eigenvalue weighted by Gasteiger charge is 2.24. The summed E-state index contributed by atoms with van der Waals surface area (Å²) in [6.45, 7) is 4.15. The van der Waals surface area contributed by atoms with Crippen LogP contribution < -0.4 is 16.0 Å². The Morgan fingerprint density at radius 3 is 2.43 bits per heavy atom. The third-order valence-corrected chi connectivity index (χ3v) is 4.35. The lowest BCUT2D eigenvalue weighted by Crippen LogP contribution is -2.52. The van der Waals surface area contributed by atoms with Crippen LogP contribution in [0.2, 0.25) is 0 Å². The number of carbonyl (C=O) groups excluding carboxylic acids is 2. The molecule has 0 aliphatic rings. The van der Waals surface area contributed by atoms with Gasteiger partial charge in [0.2, 0.25) is 17.6 Å². The van der Waals surface area contributed by atoms with Crippen molar-refractivity contribution in [3.05, 3.63) is 66.3 Å². The first-order valence-electron chi connectivity index (χ1n) is 9.62. The number of rotatable bonds is 8. The van der Waals surface area contributed by atoms with Gasteiger partial charge in [-0.2, -0.15) is 4.98 Å². The van der Waals surface area contributed by atoms with Gasteiger partial charge in [0.25, 0.3) is 0 Å². The van der Waals surface area contributed by atoms with Crippen molar-refractivity contribution in [2.45, 2.75) is 33.0 Å². The molecule has 9 nitrogen and oxygen atoms in total. The Morgan fingerprint density at radius 2 is 1.73 bits per heavy atom. The van der Waals surface area contributed by atoms with E-state index < -0.39 is 12.1 Å². The molecule has 3 rings (SSSR count). The number of amides is 3. The molecule has 1 atom stereocenters. The minimum absolute atomic E-state index is 0.0629. The zero-order valence-electron chi connectivity index (χ0n) is 16.8. The largest absolute Gasteiger partial charge is 0.345 e. The molecule has 2 heterocycles. The van der Waals surface area contributed by atoms with Gasteiger partial charge in [0, 0.05) is 24.5 Å². The molecule has 30 heavy (non-hydrogen) atoms. The highest BCUT2D eigenvalue weighted by atomic mass is 16.5. The maximum atomic E-state index is 12.6. The smallest absolute Gasteiger partial charge is 0.315 e. The molecule has 1 unspecified atom stereocenters. The molecule has 156 valence electrons. The number of pyridine rings is 1. The van der Waals surface area contributed by atoms with Crippen LogP contribution in [0.15, 0.2) is 59.4 Å². The van der Waals surface area contributed by atoms with Crippen molar-refractivity contribution in [1.29, 1.82) is 0 Å². The third-order valence-electron chi connectivity index (χ3n) is 4.35. The number of hydrogen-bond acceptors (Lipinski definition) is 6. The highest BCUT2D eigenvalue weighted by Crippen LogP contribution is 2.14. The minimum Gasteiger partial charge on any atom is -0.345 e. The van der Waals surface area contributed by atoms with E-state index in [0.717, 1.165) is 11.1 Å². The summed E-state index contributed by atoms with van der Waals surface area (Å²) in [5.74, 6) is 0.248. The normalized spacial score (nSPS) is 11.7. The van der Waals surface area contributed by atoms with Crippen molar-refractivity contribution in [3.8, 4) is 11.4 Å². The molecule has 3 N–H and O–H groups in total. The van der Waals surface area contributed by atoms with Crippen molar-refractivity contribution >= 4 is 11.9 Å². The van der Waals surface area contributed by atoms with E-state index in [-0.39, 0.29) is 24.3 Å². The van der Waals surface area contributed by atoms with Gasteiger partial charge in [-0.25, -0.2) is 4.79 Å². The van der Waals surface area contributed by atoms with E-state index in [4.69, 9.17) is 4.52 Å². The van der Waals surface area contributed by atoms with Crippen LogP contribution in [0.3, 0.4) is 0 Å². The standard InChI is InChI=1S/C21H24N6O3/c1-14(2)18(26-21(29)24-12-15-6-4-3-5-7-15)20(28)23-13-17-25-19(27-30-17)16-8-10-22-11-9-16/h3-11,14,18H,12-13H2,1-2H3,(H,23,28)(H2,24,26,29). The Kier molecular flexibility index (Phi) is 7.09. The van der Waals surface area contributed by atoms with Crippen molar-refractivity contribution in [1.82, 2.24) is 31.1 Å². The molecule has 2 aromatic heterocycles. The van der Waals surface area contributed by atoms with Gasteiger partial charge in [-0.15, -0.1) is 0 Å². The van der Waals surface area contributed by atoms with E-state index in [2.05, 4.69) is 31.1 Å². The van der Waals surface area contributed by atoms with Crippen LogP contribution in [-0.2, 0) is 17.9 Å². The van der Waals surface area contributed by atoms with Crippen LogP contribution in [0.25, 0.3) is 11.4 Å². The van der Waals surface area contributed by atoms with Crippen LogP contribution in [-0.4, -0.2) is 33.1 Å². The molecular formula is C21H24N6O3. The van der Waals surface area contributed by atoms with Crippen LogP contribution in [0.1, 0.15) is 25.3 Å². The number of hydrogen-bond donors (Lipinski definition) is 3. The third kappa shape index (κ3) is 5.87. The molecule has 3 aromatic rings. The summed E-state index contributed by atoms with van der Waals surface area (Å²) in [5.41, 5.74) is 1.74. The Labute approximate surface area is 174 Å². The summed E-state index contributed by atoms with van der Waals surface area (Å²) in [6, 6.07) is 11.9. The Bertz CT molecular complexity index is 959. The summed E-state index contributed by atoms with van der Waals surface area (Å²) in [6.07, 6.45) is 3.27. The molecule has 1 aromatic carbocycles. The average Bonchev–Trinajstić information content (AvgIpc) is 3.24. The van der Waals surface area contributed by atoms with Gasteiger partial charge in [0.15, 0.2) is 0 Å². The summed E-state index contributed by atoms with van der Waals surface area (Å²) in [7, 11) is 0. The maximum Gasteiger partial charge on any atom is 0.315 e. The Hall–Kier alpha value is -3.75. The number of aromatic nitrogens is 3. The number of urea groups is 1. The molecule has 0 aliphatic heterocycles. The molecule has 0 saturated carbocycles. The second-order valence-electron chi connectivity index (χ2n) is 7.00. The van der Waals surface area contributed by atoms with E-state index in [9.17, 15) is 9.59 Å². The molecule has 9 heteroatoms. The lowest BCUT2D eigenvalue weighted by molar-refractivity contribution is -0.124. The fourth-order valence-electron chi connectivity index (χ4n) is 2.72. The summed E-state index contributed by atoms with van der Waals surface area (Å²) in [5, 5.41) is 12.1. The molecule has 0 radical (unpaired) electrons. The van der Waals surface area contributed by atoms with Gasteiger partial charge in [-0.05, 0) is 23.6 Å². The predicted octanol–water partition coefficient (Wildman–Crippen LogP) is 2.27. The van der Waals surface area contributed by atoms with E-state index >= 15 is 0 Å². The monoisotopic (exact) mass is 408 g/mol. The second-order valence-corrected chi connectivity index (χ2v) is 7.00. The molecule has 0 spiro atoms. The average molecular weight is 408 g/mol. The summed E-state index contributed by atoms with van der Waals surface area (Å²) in [4.78, 5) is 33.0. The number of benzene rings is 1. The van der Waals surface area contributed by atoms with Crippen LogP contribution in [0.5, 0.6) is 0 Å². The number of nitrogens with zero attached hydrogens (tertiary/aromatic N) is 3. The second kappa shape index (κ2) is 10.1. The minimum atomic E-state index is -0.705. The van der Waals surface area contributed by atoms with Crippen LogP contribution in [0, 0.1) is 5.92 Å². The van der Waals surface area contributed by atoms with Crippen LogP contribution in [0.4, 0.5) is 4.79 Å². The maximum absolute atomic E-state index is 12.6. The van der Waals surface area contributed by atoms with Crippen molar-refractivity contribution in [2.75, 3.05) is 0 Å². The molecule has 3 amide bonds. The zero-order valence-corrected chi connectivity index (χ0v) is 16.8. The molecule has 0 saturated heterocycles. The SMILES string of the molecule is CC(C)C(NC(=O)NCc1ccccc1)C(=O)NCc1nc(-c2ccncc2)no1. The molecular weight excluding hydrogens is 384 g/mol. The van der Waals surface area contributed by atoms with Crippen molar-refractivity contribution < 1.29 is 14.1 Å². The Morgan fingerprint density at radius 1 is 1.00 bits per heavy atom. The molecule has 0 fully saturated rings. The lowest BCUT2D eigenvalue weighted by Gasteiger charge is -2.21. The Balaban J connectivity index is 1.51. The predicted molar refractivity (Wildman–Crippen MR) is 110 cm³/mol. The first kappa shape index (κ1) is 21.0. The van der Waals surface area contributed by atoms with Gasteiger partial charge < -0.3 is 20.5 Å². The van der Waals surface area contributed by atoms with E-state index in [0.29, 0.717) is 12.4 Å². The first-order chi connectivity index (χ1) is 14.5. The number of nitrogens with one attached hydrogen (secondary N) is 3. The first-order valence-corrected chi connectivity index (χ1v) is 9.62. The lowest BCUT2D eigenvalue weighted by atomic mass is 10.0. The van der Waals surface area contributed by atoms with E-state index in [1.54, 1.807) is 24.5 Å². The number of carbonyl (C=O) groups is 2. The zero-order chi connectivity index (χ0) is 21.3. The molecule has 0 bridgehead atoms. The van der Waals surface area contributed by atoms with Gasteiger partial charge >= 0.3 is 6.03 Å². The van der Waals surface area contributed by atoms with Crippen molar-refractivity contribution in [2.24, 2.45) is 5.92 Å². The van der Waals surface area contributed by atoms with Crippen molar-refractivity contribution in [3.63, 3.8) is 0 Å². The fourth-order valence-corrected chi connectivity index (χ4v) is 2.72. The van der Waals surface area contributed by atoms with Gasteiger partial charge in [0.05, 0.1) is 6.54 Å². The van der Waals surface area contributed by atoms with Gasteiger partial charge in [0.1, 0.15) is 6.04 Å². The fraction of sp³-hybridized carbons (Fsp3) is 0.286. The van der Waals surface area contributed by atoms with E-state index in [1.807, 2.05) is 44.2 Å². The van der Waals surface area contributed by atoms with E-state index in [1.165, 1.54) is 0 Å². The highest BCUT2D eigenvalue weighted by molar-refractivity contribution is 5.87. The summed E-state index contributed by atoms with van der Waals surface area (Å²) < 4.78 is 5.18. The topological polar surface area (TPSA) is 122 Å². The van der Waals surface area contributed by atoms with Gasteiger partial charge in [-0.1, -0.05) is 49.3 Å². The van der Waals surface area contributed by atoms with Gasteiger partial charge in [-0.3, -0.25) is 9.78 Å².